The summed E-state index contributed by atoms with van der Waals surface area (Å²) in [5.41, 5.74) is 2.53. The lowest BCUT2D eigenvalue weighted by Gasteiger charge is -2.32. The number of hydrogen-bond donors (Lipinski definition) is 1. The van der Waals surface area contributed by atoms with E-state index in [0.717, 1.165) is 36.2 Å². The zero-order valence-corrected chi connectivity index (χ0v) is 15.6. The molecule has 1 aliphatic heterocycles. The molecule has 0 saturated carbocycles. The van der Waals surface area contributed by atoms with Crippen LogP contribution in [0.3, 0.4) is 0 Å². The van der Waals surface area contributed by atoms with E-state index in [1.165, 1.54) is 0 Å². The fraction of sp³-hybridized carbons (Fsp3) is 0.333. The van der Waals surface area contributed by atoms with Gasteiger partial charge in [-0.25, -0.2) is 4.98 Å². The predicted molar refractivity (Wildman–Crippen MR) is 104 cm³/mol. The first-order valence-electron chi connectivity index (χ1n) is 9.16. The van der Waals surface area contributed by atoms with Crippen molar-refractivity contribution in [2.75, 3.05) is 27.3 Å². The third-order valence-electron chi connectivity index (χ3n) is 5.14. The number of aromatic amines is 1. The van der Waals surface area contributed by atoms with E-state index in [0.29, 0.717) is 23.6 Å². The molecular formula is C21H23N3O3. The van der Waals surface area contributed by atoms with E-state index < -0.39 is 0 Å². The van der Waals surface area contributed by atoms with Crippen LogP contribution in [-0.2, 0) is 0 Å². The molecule has 0 bridgehead atoms. The Labute approximate surface area is 158 Å². The van der Waals surface area contributed by atoms with Gasteiger partial charge in [-0.05, 0) is 37.1 Å². The Morgan fingerprint density at radius 2 is 2.00 bits per heavy atom. The fourth-order valence-corrected chi connectivity index (χ4v) is 3.78. The summed E-state index contributed by atoms with van der Waals surface area (Å²) in [6.45, 7) is 1.37. The SMILES string of the molecule is COc1cccc(C(=O)N2CCCC(c3nc4ccccc4[nH]3)C2)c1OC. The van der Waals surface area contributed by atoms with E-state index in [1.807, 2.05) is 35.2 Å². The highest BCUT2D eigenvalue weighted by molar-refractivity contribution is 5.98. The minimum absolute atomic E-state index is 0.0356. The molecule has 1 atom stereocenters. The molecule has 0 radical (unpaired) electrons. The summed E-state index contributed by atoms with van der Waals surface area (Å²) in [7, 11) is 3.13. The Morgan fingerprint density at radius 1 is 1.15 bits per heavy atom. The Hall–Kier alpha value is -3.02. The van der Waals surface area contributed by atoms with Crippen LogP contribution in [0.25, 0.3) is 11.0 Å². The number of carbonyl (C=O) groups is 1. The second-order valence-corrected chi connectivity index (χ2v) is 6.77. The van der Waals surface area contributed by atoms with Gasteiger partial charge in [-0.2, -0.15) is 0 Å². The molecule has 1 aliphatic rings. The summed E-state index contributed by atoms with van der Waals surface area (Å²) in [6.07, 6.45) is 1.96. The molecule has 1 unspecified atom stereocenters. The van der Waals surface area contributed by atoms with Crippen molar-refractivity contribution < 1.29 is 14.3 Å². The van der Waals surface area contributed by atoms with Gasteiger partial charge in [0.25, 0.3) is 5.91 Å². The number of fused-ring (bicyclic) bond motifs is 1. The van der Waals surface area contributed by atoms with E-state index in [-0.39, 0.29) is 11.8 Å². The van der Waals surface area contributed by atoms with Crippen molar-refractivity contribution in [3.8, 4) is 11.5 Å². The molecule has 2 heterocycles. The fourth-order valence-electron chi connectivity index (χ4n) is 3.78. The van der Waals surface area contributed by atoms with Crippen LogP contribution in [-0.4, -0.2) is 48.1 Å². The normalized spacial score (nSPS) is 17.1. The van der Waals surface area contributed by atoms with Crippen LogP contribution in [0, 0.1) is 0 Å². The van der Waals surface area contributed by atoms with Gasteiger partial charge in [-0.1, -0.05) is 18.2 Å². The van der Waals surface area contributed by atoms with Gasteiger partial charge in [-0.15, -0.1) is 0 Å². The van der Waals surface area contributed by atoms with Gasteiger partial charge in [0.1, 0.15) is 5.82 Å². The number of imidazole rings is 1. The number of hydrogen-bond acceptors (Lipinski definition) is 4. The van der Waals surface area contributed by atoms with E-state index in [9.17, 15) is 4.79 Å². The van der Waals surface area contributed by atoms with E-state index >= 15 is 0 Å². The standard InChI is InChI=1S/C21H23N3O3/c1-26-18-11-5-8-15(19(18)27-2)21(25)24-12-6-7-14(13-24)20-22-16-9-3-4-10-17(16)23-20/h3-5,8-11,14H,6-7,12-13H2,1-2H3,(H,22,23). The number of piperidine rings is 1. The number of rotatable bonds is 4. The Morgan fingerprint density at radius 3 is 2.78 bits per heavy atom. The maximum atomic E-state index is 13.2. The molecule has 4 rings (SSSR count). The Balaban J connectivity index is 1.59. The Bertz CT molecular complexity index is 933. The number of amides is 1. The number of methoxy groups -OCH3 is 2. The zero-order valence-electron chi connectivity index (χ0n) is 15.6. The quantitative estimate of drug-likeness (QED) is 0.767. The van der Waals surface area contributed by atoms with Gasteiger partial charge in [0, 0.05) is 19.0 Å². The van der Waals surface area contributed by atoms with Crippen molar-refractivity contribution in [3.05, 3.63) is 53.9 Å². The average molecular weight is 365 g/mol. The summed E-state index contributed by atoms with van der Waals surface area (Å²) >= 11 is 0. The second kappa shape index (κ2) is 7.31. The first-order chi connectivity index (χ1) is 13.2. The van der Waals surface area contributed by atoms with Crippen molar-refractivity contribution in [3.63, 3.8) is 0 Å². The maximum Gasteiger partial charge on any atom is 0.257 e. The van der Waals surface area contributed by atoms with Gasteiger partial charge < -0.3 is 19.4 Å². The van der Waals surface area contributed by atoms with Gasteiger partial charge in [-0.3, -0.25) is 4.79 Å². The van der Waals surface area contributed by atoms with Crippen LogP contribution in [0.5, 0.6) is 11.5 Å². The molecule has 0 spiro atoms. The van der Waals surface area contributed by atoms with Crippen molar-refractivity contribution in [1.82, 2.24) is 14.9 Å². The third-order valence-corrected chi connectivity index (χ3v) is 5.14. The molecule has 2 aromatic carbocycles. The van der Waals surface area contributed by atoms with E-state index in [2.05, 4.69) is 4.98 Å². The van der Waals surface area contributed by atoms with Crippen LogP contribution in [0.15, 0.2) is 42.5 Å². The Kier molecular flexibility index (Phi) is 4.71. The van der Waals surface area contributed by atoms with Crippen molar-refractivity contribution >= 4 is 16.9 Å². The molecule has 1 fully saturated rings. The van der Waals surface area contributed by atoms with Gasteiger partial charge >= 0.3 is 0 Å². The average Bonchev–Trinajstić information content (AvgIpc) is 3.17. The smallest absolute Gasteiger partial charge is 0.257 e. The molecule has 1 amide bonds. The highest BCUT2D eigenvalue weighted by atomic mass is 16.5. The molecule has 3 aromatic rings. The number of H-pyrrole nitrogens is 1. The molecule has 1 N–H and O–H groups in total. The van der Waals surface area contributed by atoms with Gasteiger partial charge in [0.15, 0.2) is 11.5 Å². The van der Waals surface area contributed by atoms with Crippen LogP contribution in [0.4, 0.5) is 0 Å². The number of nitrogens with one attached hydrogen (secondary N) is 1. The molecule has 6 nitrogen and oxygen atoms in total. The molecule has 1 aromatic heterocycles. The topological polar surface area (TPSA) is 67.5 Å². The van der Waals surface area contributed by atoms with Gasteiger partial charge in [0.2, 0.25) is 0 Å². The highest BCUT2D eigenvalue weighted by Gasteiger charge is 2.29. The first-order valence-corrected chi connectivity index (χ1v) is 9.16. The molecule has 0 aliphatic carbocycles. The lowest BCUT2D eigenvalue weighted by atomic mass is 9.96. The predicted octanol–water partition coefficient (Wildman–Crippen LogP) is 3.60. The number of carbonyl (C=O) groups excluding carboxylic acids is 1. The van der Waals surface area contributed by atoms with Crippen molar-refractivity contribution in [2.45, 2.75) is 18.8 Å². The molecule has 6 heteroatoms. The lowest BCUT2D eigenvalue weighted by Crippen LogP contribution is -2.39. The number of ether oxygens (including phenoxy) is 2. The lowest BCUT2D eigenvalue weighted by molar-refractivity contribution is 0.0701. The van der Waals surface area contributed by atoms with Crippen LogP contribution in [0.2, 0.25) is 0 Å². The monoisotopic (exact) mass is 365 g/mol. The second-order valence-electron chi connectivity index (χ2n) is 6.77. The highest BCUT2D eigenvalue weighted by Crippen LogP contribution is 2.33. The minimum Gasteiger partial charge on any atom is -0.493 e. The van der Waals surface area contributed by atoms with Crippen LogP contribution in [0.1, 0.15) is 34.9 Å². The zero-order chi connectivity index (χ0) is 18.8. The number of aromatic nitrogens is 2. The third kappa shape index (κ3) is 3.23. The minimum atomic E-state index is -0.0356. The van der Waals surface area contributed by atoms with Gasteiger partial charge in [0.05, 0.1) is 30.8 Å². The summed E-state index contributed by atoms with van der Waals surface area (Å²) in [5.74, 6) is 2.16. The van der Waals surface area contributed by atoms with Crippen molar-refractivity contribution in [2.24, 2.45) is 0 Å². The number of benzene rings is 2. The number of nitrogens with zero attached hydrogens (tertiary/aromatic N) is 2. The number of para-hydroxylation sites is 3. The molecule has 27 heavy (non-hydrogen) atoms. The molecular weight excluding hydrogens is 342 g/mol. The number of likely N-dealkylation sites (tertiary alicyclic amines) is 1. The first kappa shape index (κ1) is 17.4. The summed E-state index contributed by atoms with van der Waals surface area (Å²) in [6, 6.07) is 13.4. The maximum absolute atomic E-state index is 13.2. The molecule has 140 valence electrons. The van der Waals surface area contributed by atoms with Crippen LogP contribution < -0.4 is 9.47 Å². The van der Waals surface area contributed by atoms with E-state index in [1.54, 1.807) is 26.4 Å². The molecule has 1 saturated heterocycles. The van der Waals surface area contributed by atoms with Crippen molar-refractivity contribution in [1.29, 1.82) is 0 Å². The summed E-state index contributed by atoms with van der Waals surface area (Å²) < 4.78 is 10.8. The van der Waals surface area contributed by atoms with Crippen LogP contribution >= 0.6 is 0 Å². The summed E-state index contributed by atoms with van der Waals surface area (Å²) in [5, 5.41) is 0. The summed E-state index contributed by atoms with van der Waals surface area (Å²) in [4.78, 5) is 23.2. The van der Waals surface area contributed by atoms with E-state index in [4.69, 9.17) is 14.5 Å². The largest absolute Gasteiger partial charge is 0.493 e.